The van der Waals surface area contributed by atoms with Gasteiger partial charge in [-0.05, 0) is 102 Å². The molecule has 3 aliphatic carbocycles. The Labute approximate surface area is 299 Å². The van der Waals surface area contributed by atoms with Gasteiger partial charge in [0.05, 0.1) is 11.1 Å². The smallest absolute Gasteiger partial charge is 0.0725 e. The maximum absolute atomic E-state index is 2.49. The van der Waals surface area contributed by atoms with Crippen molar-refractivity contribution in [1.29, 1.82) is 0 Å². The number of hydrogen-bond acceptors (Lipinski definition) is 1. The second-order valence-corrected chi connectivity index (χ2v) is 14.8. The van der Waals surface area contributed by atoms with Crippen molar-refractivity contribution in [1.82, 2.24) is 0 Å². The Hall–Kier alpha value is -6.18. The van der Waals surface area contributed by atoms with E-state index in [9.17, 15) is 0 Å². The summed E-state index contributed by atoms with van der Waals surface area (Å²) >= 11 is 0. The number of hydrogen-bond donors (Lipinski definition) is 0. The SMILES string of the molecule is CC1(C)c2ccccc2-c2ccc3cccc(N(c4ccccc4)c4ccc5c(c4)-c4ccccc4C54c5ccccc5-c5ccccc54)c3c21. The quantitative estimate of drug-likeness (QED) is 0.184. The number of benzene rings is 8. The van der Waals surface area contributed by atoms with Gasteiger partial charge in [0.25, 0.3) is 0 Å². The van der Waals surface area contributed by atoms with Gasteiger partial charge in [0.1, 0.15) is 0 Å². The van der Waals surface area contributed by atoms with Crippen molar-refractivity contribution in [3.05, 3.63) is 209 Å². The van der Waals surface area contributed by atoms with Gasteiger partial charge in [-0.2, -0.15) is 0 Å². The lowest BCUT2D eigenvalue weighted by molar-refractivity contribution is 0.666. The Balaban J connectivity index is 1.20. The highest BCUT2D eigenvalue weighted by molar-refractivity contribution is 6.07. The fourth-order valence-corrected chi connectivity index (χ4v) is 10.0. The second-order valence-electron chi connectivity index (χ2n) is 14.8. The molecular weight excluding hydrogens is 615 g/mol. The van der Waals surface area contributed by atoms with Gasteiger partial charge in [-0.15, -0.1) is 0 Å². The molecule has 8 aromatic carbocycles. The molecule has 0 heterocycles. The summed E-state index contributed by atoms with van der Waals surface area (Å²) in [6.45, 7) is 4.79. The van der Waals surface area contributed by atoms with Crippen LogP contribution >= 0.6 is 0 Å². The van der Waals surface area contributed by atoms with E-state index in [-0.39, 0.29) is 10.8 Å². The fraction of sp³-hybridized carbons (Fsp3) is 0.0800. The molecule has 1 heteroatoms. The van der Waals surface area contributed by atoms with Crippen LogP contribution in [0, 0.1) is 0 Å². The zero-order valence-corrected chi connectivity index (χ0v) is 28.7. The normalized spacial score (nSPS) is 14.8. The van der Waals surface area contributed by atoms with E-state index < -0.39 is 0 Å². The summed E-state index contributed by atoms with van der Waals surface area (Å²) in [5.74, 6) is 0. The van der Waals surface area contributed by atoms with Crippen molar-refractivity contribution in [2.45, 2.75) is 24.7 Å². The average molecular weight is 650 g/mol. The van der Waals surface area contributed by atoms with Crippen molar-refractivity contribution >= 4 is 27.8 Å². The Kier molecular flexibility index (Phi) is 5.72. The monoisotopic (exact) mass is 649 g/mol. The molecule has 0 unspecified atom stereocenters. The number of rotatable bonds is 3. The molecule has 0 saturated heterocycles. The predicted molar refractivity (Wildman–Crippen MR) is 212 cm³/mol. The molecule has 0 N–H and O–H groups in total. The summed E-state index contributed by atoms with van der Waals surface area (Å²) in [4.78, 5) is 2.49. The van der Waals surface area contributed by atoms with Crippen molar-refractivity contribution < 1.29 is 0 Å². The molecule has 0 saturated carbocycles. The number of anilines is 3. The second kappa shape index (κ2) is 10.2. The van der Waals surface area contributed by atoms with Crippen LogP contribution in [-0.4, -0.2) is 0 Å². The summed E-state index contributed by atoms with van der Waals surface area (Å²) in [5.41, 5.74) is 19.2. The first-order valence-electron chi connectivity index (χ1n) is 18.0. The molecule has 0 fully saturated rings. The molecule has 0 aromatic heterocycles. The van der Waals surface area contributed by atoms with E-state index in [0.717, 1.165) is 11.4 Å². The Morgan fingerprint density at radius 3 is 1.55 bits per heavy atom. The molecule has 0 amide bonds. The van der Waals surface area contributed by atoms with E-state index >= 15 is 0 Å². The van der Waals surface area contributed by atoms with Crippen LogP contribution in [0.25, 0.3) is 44.2 Å². The third-order valence-electron chi connectivity index (χ3n) is 12.0. The van der Waals surface area contributed by atoms with Crippen LogP contribution in [0.5, 0.6) is 0 Å². The van der Waals surface area contributed by atoms with E-state index in [4.69, 9.17) is 0 Å². The van der Waals surface area contributed by atoms with Crippen molar-refractivity contribution in [2.75, 3.05) is 4.90 Å². The maximum Gasteiger partial charge on any atom is 0.0725 e. The van der Waals surface area contributed by atoms with Crippen LogP contribution < -0.4 is 4.90 Å². The summed E-state index contributed by atoms with van der Waals surface area (Å²) in [5, 5.41) is 2.58. The Bertz CT molecular complexity index is 2690. The first-order chi connectivity index (χ1) is 25.1. The highest BCUT2D eigenvalue weighted by Crippen LogP contribution is 2.63. The molecule has 8 aromatic rings. The van der Waals surface area contributed by atoms with E-state index in [1.165, 1.54) is 83.2 Å². The summed E-state index contributed by atoms with van der Waals surface area (Å²) in [7, 11) is 0. The fourth-order valence-electron chi connectivity index (χ4n) is 10.0. The largest absolute Gasteiger partial charge is 0.310 e. The Morgan fingerprint density at radius 2 is 0.902 bits per heavy atom. The number of nitrogens with zero attached hydrogens (tertiary/aromatic N) is 1. The molecule has 0 bridgehead atoms. The lowest BCUT2D eigenvalue weighted by Gasteiger charge is -2.32. The summed E-state index contributed by atoms with van der Waals surface area (Å²) in [6, 6.07) is 65.8. The van der Waals surface area contributed by atoms with Gasteiger partial charge in [0.2, 0.25) is 0 Å². The zero-order valence-electron chi connectivity index (χ0n) is 28.7. The molecule has 0 aliphatic heterocycles. The van der Waals surface area contributed by atoms with Crippen LogP contribution in [-0.2, 0) is 10.8 Å². The minimum atomic E-state index is -0.356. The molecule has 240 valence electrons. The van der Waals surface area contributed by atoms with Gasteiger partial charge in [-0.1, -0.05) is 159 Å². The lowest BCUT2D eigenvalue weighted by Crippen LogP contribution is -2.25. The van der Waals surface area contributed by atoms with Gasteiger partial charge in [-0.25, -0.2) is 0 Å². The van der Waals surface area contributed by atoms with E-state index in [1.54, 1.807) is 0 Å². The first-order valence-corrected chi connectivity index (χ1v) is 18.0. The molecule has 0 radical (unpaired) electrons. The van der Waals surface area contributed by atoms with Crippen LogP contribution in [0.1, 0.15) is 47.2 Å². The van der Waals surface area contributed by atoms with Gasteiger partial charge < -0.3 is 4.90 Å². The lowest BCUT2D eigenvalue weighted by atomic mass is 9.70. The van der Waals surface area contributed by atoms with E-state index in [2.05, 4.69) is 195 Å². The standard InChI is InChI=1S/C50H35N/c1-49(2)41-22-10-6-20-37(41)39-29-27-32-15-14-26-46(47(32)48(39)49)51(33-16-4-3-5-17-33)34-28-30-45-40(31-34)38-21-9-13-25-44(38)50(45)42-23-11-7-18-35(42)36-19-8-12-24-43(36)50/h3-31H,1-2H3. The molecular formula is C50H35N. The van der Waals surface area contributed by atoms with Crippen LogP contribution in [0.4, 0.5) is 17.1 Å². The zero-order chi connectivity index (χ0) is 33.9. The van der Waals surface area contributed by atoms with Crippen molar-refractivity contribution in [3.63, 3.8) is 0 Å². The van der Waals surface area contributed by atoms with Gasteiger partial charge in [-0.3, -0.25) is 0 Å². The van der Waals surface area contributed by atoms with Gasteiger partial charge >= 0.3 is 0 Å². The van der Waals surface area contributed by atoms with Gasteiger partial charge in [0, 0.05) is 22.2 Å². The highest BCUT2D eigenvalue weighted by atomic mass is 15.1. The van der Waals surface area contributed by atoms with Crippen LogP contribution in [0.15, 0.2) is 176 Å². The first kappa shape index (κ1) is 28.6. The minimum Gasteiger partial charge on any atom is -0.310 e. The van der Waals surface area contributed by atoms with E-state index in [1.807, 2.05) is 0 Å². The molecule has 1 spiro atoms. The number of fused-ring (bicyclic) bond motifs is 15. The number of para-hydroxylation sites is 1. The third kappa shape index (κ3) is 3.60. The summed E-state index contributed by atoms with van der Waals surface area (Å²) in [6.07, 6.45) is 0. The Morgan fingerprint density at radius 1 is 0.373 bits per heavy atom. The van der Waals surface area contributed by atoms with Crippen molar-refractivity contribution in [2.24, 2.45) is 0 Å². The molecule has 3 aliphatic rings. The third-order valence-corrected chi connectivity index (χ3v) is 12.0. The van der Waals surface area contributed by atoms with Gasteiger partial charge in [0.15, 0.2) is 0 Å². The highest BCUT2D eigenvalue weighted by Gasteiger charge is 2.51. The van der Waals surface area contributed by atoms with Crippen molar-refractivity contribution in [3.8, 4) is 33.4 Å². The average Bonchev–Trinajstić information content (AvgIpc) is 3.74. The molecule has 11 rings (SSSR count). The van der Waals surface area contributed by atoms with E-state index in [0.29, 0.717) is 0 Å². The summed E-state index contributed by atoms with van der Waals surface area (Å²) < 4.78 is 0. The molecule has 0 atom stereocenters. The van der Waals surface area contributed by atoms with Crippen LogP contribution in [0.3, 0.4) is 0 Å². The maximum atomic E-state index is 2.49. The topological polar surface area (TPSA) is 3.24 Å². The molecule has 1 nitrogen and oxygen atoms in total. The predicted octanol–water partition coefficient (Wildman–Crippen LogP) is 13.0. The minimum absolute atomic E-state index is 0.142. The molecule has 51 heavy (non-hydrogen) atoms. The van der Waals surface area contributed by atoms with Crippen LogP contribution in [0.2, 0.25) is 0 Å².